The van der Waals surface area contributed by atoms with E-state index in [1.54, 1.807) is 11.8 Å². The summed E-state index contributed by atoms with van der Waals surface area (Å²) in [5.74, 6) is 0.0999. The van der Waals surface area contributed by atoms with Gasteiger partial charge in [0, 0.05) is 50.1 Å². The Hall–Kier alpha value is -2.87. The van der Waals surface area contributed by atoms with Crippen molar-refractivity contribution >= 4 is 18.2 Å². The van der Waals surface area contributed by atoms with Crippen molar-refractivity contribution in [3.05, 3.63) is 47.2 Å². The van der Waals surface area contributed by atoms with Crippen LogP contribution in [-0.2, 0) is 11.3 Å². The lowest BCUT2D eigenvalue weighted by Crippen LogP contribution is -2.63. The highest BCUT2D eigenvalue weighted by atomic mass is 16.2. The zero-order valence-corrected chi connectivity index (χ0v) is 17.1. The van der Waals surface area contributed by atoms with Crippen molar-refractivity contribution in [2.45, 2.75) is 45.2 Å². The minimum Gasteiger partial charge on any atom is -0.353 e. The number of nitrogens with one attached hydrogen (secondary N) is 3. The van der Waals surface area contributed by atoms with Gasteiger partial charge in [0.05, 0.1) is 12.1 Å². The van der Waals surface area contributed by atoms with E-state index in [-0.39, 0.29) is 24.3 Å². The molecule has 0 bridgehead atoms. The summed E-state index contributed by atoms with van der Waals surface area (Å²) in [6.45, 7) is 8.07. The maximum absolute atomic E-state index is 12.9. The van der Waals surface area contributed by atoms with Crippen molar-refractivity contribution in [2.24, 2.45) is 4.99 Å². The molecule has 0 radical (unpaired) electrons. The van der Waals surface area contributed by atoms with Crippen LogP contribution in [0.1, 0.15) is 26.3 Å². The molecule has 4 rings (SSSR count). The van der Waals surface area contributed by atoms with Gasteiger partial charge in [0.25, 0.3) is 0 Å². The van der Waals surface area contributed by atoms with Crippen molar-refractivity contribution in [1.29, 1.82) is 0 Å². The molecule has 1 aromatic carbocycles. The number of aliphatic imine (C=N–C) groups is 1. The first-order valence-electron chi connectivity index (χ1n) is 9.99. The number of nitrogens with zero attached hydrogens (tertiary/aromatic N) is 3. The Labute approximate surface area is 171 Å². The van der Waals surface area contributed by atoms with Gasteiger partial charge in [-0.05, 0) is 19.4 Å². The minimum atomic E-state index is -0.445. The van der Waals surface area contributed by atoms with Crippen LogP contribution in [0.4, 0.5) is 4.79 Å². The third-order valence-corrected chi connectivity index (χ3v) is 5.89. The van der Waals surface area contributed by atoms with E-state index in [9.17, 15) is 9.59 Å². The third-order valence-electron chi connectivity index (χ3n) is 5.89. The van der Waals surface area contributed by atoms with Crippen molar-refractivity contribution in [3.8, 4) is 0 Å². The average molecular weight is 396 g/mol. The van der Waals surface area contributed by atoms with Gasteiger partial charge in [-0.15, -0.1) is 0 Å². The van der Waals surface area contributed by atoms with Gasteiger partial charge in [-0.2, -0.15) is 0 Å². The van der Waals surface area contributed by atoms with Gasteiger partial charge < -0.3 is 20.4 Å². The summed E-state index contributed by atoms with van der Waals surface area (Å²) in [5, 5.41) is 9.85. The first-order chi connectivity index (χ1) is 13.8. The molecule has 0 aliphatic carbocycles. The first kappa shape index (κ1) is 19.4. The minimum absolute atomic E-state index is 0.0935. The zero-order chi connectivity index (χ0) is 20.6. The van der Waals surface area contributed by atoms with E-state index in [1.165, 1.54) is 0 Å². The summed E-state index contributed by atoms with van der Waals surface area (Å²) >= 11 is 0. The van der Waals surface area contributed by atoms with E-state index in [1.807, 2.05) is 55.3 Å². The molecule has 1 atom stereocenters. The molecule has 8 heteroatoms. The van der Waals surface area contributed by atoms with Crippen LogP contribution in [0.3, 0.4) is 0 Å². The highest BCUT2D eigenvalue weighted by Crippen LogP contribution is 2.34. The molecule has 0 spiro atoms. The monoisotopic (exact) mass is 396 g/mol. The molecule has 8 nitrogen and oxygen atoms in total. The van der Waals surface area contributed by atoms with Gasteiger partial charge in [0.1, 0.15) is 0 Å². The number of hydrogen-bond acceptors (Lipinski definition) is 5. The number of rotatable bonds is 4. The van der Waals surface area contributed by atoms with Crippen LogP contribution in [0.25, 0.3) is 0 Å². The Bertz CT molecular complexity index is 857. The number of benzene rings is 1. The maximum Gasteiger partial charge on any atom is 0.318 e. The number of carbonyl (C=O) groups excluding carboxylic acids is 2. The van der Waals surface area contributed by atoms with E-state index in [4.69, 9.17) is 0 Å². The standard InChI is InChI=1S/C21H28N6O2/c1-14(28)26-11-16(12-26)24-19-22-10-17-18(25-19)13-27(21(17,2)3)20(29)23-9-15-7-5-4-6-8-15/h4-8,10,16,19,24-25H,9,11-13H2,1-3H3,(H,23,29). The van der Waals surface area contributed by atoms with Gasteiger partial charge in [-0.3, -0.25) is 15.1 Å². The fourth-order valence-electron chi connectivity index (χ4n) is 4.01. The largest absolute Gasteiger partial charge is 0.353 e. The van der Waals surface area contributed by atoms with E-state index >= 15 is 0 Å². The van der Waals surface area contributed by atoms with Crippen molar-refractivity contribution in [2.75, 3.05) is 19.6 Å². The quantitative estimate of drug-likeness (QED) is 0.709. The Morgan fingerprint density at radius 3 is 2.66 bits per heavy atom. The topological polar surface area (TPSA) is 89.1 Å². The molecular weight excluding hydrogens is 368 g/mol. The number of urea groups is 1. The van der Waals surface area contributed by atoms with Gasteiger partial charge in [-0.25, -0.2) is 4.79 Å². The second-order valence-electron chi connectivity index (χ2n) is 8.29. The summed E-state index contributed by atoms with van der Waals surface area (Å²) < 4.78 is 0. The van der Waals surface area contributed by atoms with Crippen LogP contribution in [0.2, 0.25) is 0 Å². The van der Waals surface area contributed by atoms with Crippen molar-refractivity contribution < 1.29 is 9.59 Å². The summed E-state index contributed by atoms with van der Waals surface area (Å²) in [6, 6.07) is 10.0. The molecule has 154 valence electrons. The van der Waals surface area contributed by atoms with Crippen molar-refractivity contribution in [1.82, 2.24) is 25.8 Å². The van der Waals surface area contributed by atoms with Crippen LogP contribution in [0.15, 0.2) is 46.6 Å². The molecule has 3 heterocycles. The smallest absolute Gasteiger partial charge is 0.318 e. The number of amides is 3. The average Bonchev–Trinajstić information content (AvgIpc) is 2.93. The lowest BCUT2D eigenvalue weighted by Gasteiger charge is -2.41. The molecule has 3 amide bonds. The van der Waals surface area contributed by atoms with Crippen LogP contribution < -0.4 is 16.0 Å². The van der Waals surface area contributed by atoms with Gasteiger partial charge >= 0.3 is 6.03 Å². The van der Waals surface area contributed by atoms with E-state index in [0.29, 0.717) is 26.2 Å². The Morgan fingerprint density at radius 1 is 1.24 bits per heavy atom. The third kappa shape index (κ3) is 3.85. The summed E-state index contributed by atoms with van der Waals surface area (Å²) in [4.78, 5) is 32.4. The maximum atomic E-state index is 12.9. The zero-order valence-electron chi connectivity index (χ0n) is 17.1. The normalized spacial score (nSPS) is 22.8. The first-order valence-corrected chi connectivity index (χ1v) is 9.99. The molecule has 3 aliphatic rings. The molecular formula is C21H28N6O2. The molecule has 3 aliphatic heterocycles. The second-order valence-corrected chi connectivity index (χ2v) is 8.29. The highest BCUT2D eigenvalue weighted by molar-refractivity contribution is 5.88. The molecule has 29 heavy (non-hydrogen) atoms. The van der Waals surface area contributed by atoms with Crippen LogP contribution in [0.5, 0.6) is 0 Å². The van der Waals surface area contributed by atoms with Crippen LogP contribution >= 0.6 is 0 Å². The van der Waals surface area contributed by atoms with Gasteiger partial charge in [-0.1, -0.05) is 30.3 Å². The lowest BCUT2D eigenvalue weighted by molar-refractivity contribution is -0.133. The molecule has 1 fully saturated rings. The van der Waals surface area contributed by atoms with Gasteiger partial charge in [0.15, 0.2) is 6.29 Å². The number of likely N-dealkylation sites (tertiary alicyclic amines) is 1. The van der Waals surface area contributed by atoms with E-state index < -0.39 is 5.54 Å². The van der Waals surface area contributed by atoms with Crippen LogP contribution in [0, 0.1) is 0 Å². The van der Waals surface area contributed by atoms with Crippen molar-refractivity contribution in [3.63, 3.8) is 0 Å². The lowest BCUT2D eigenvalue weighted by atomic mass is 9.95. The molecule has 3 N–H and O–H groups in total. The van der Waals surface area contributed by atoms with E-state index in [2.05, 4.69) is 20.9 Å². The highest BCUT2D eigenvalue weighted by Gasteiger charge is 2.43. The SMILES string of the molecule is CC(=O)N1CC(NC2N=CC3=C(CN(C(=O)NCc4ccccc4)C3(C)C)N2)C1. The van der Waals surface area contributed by atoms with E-state index in [0.717, 1.165) is 16.8 Å². The fraction of sp³-hybridized carbons (Fsp3) is 0.476. The molecule has 1 unspecified atom stereocenters. The second kappa shape index (κ2) is 7.51. The molecule has 0 aromatic heterocycles. The Kier molecular flexibility index (Phi) is 5.04. The van der Waals surface area contributed by atoms with Crippen LogP contribution in [-0.4, -0.2) is 65.5 Å². The van der Waals surface area contributed by atoms with Gasteiger partial charge in [0.2, 0.25) is 5.91 Å². The Morgan fingerprint density at radius 2 is 1.97 bits per heavy atom. The summed E-state index contributed by atoms with van der Waals surface area (Å²) in [7, 11) is 0. The number of hydrogen-bond donors (Lipinski definition) is 3. The molecule has 1 saturated heterocycles. The Balaban J connectivity index is 1.33. The fourth-order valence-corrected chi connectivity index (χ4v) is 4.01. The number of carbonyl (C=O) groups is 2. The summed E-state index contributed by atoms with van der Waals surface area (Å²) in [6.07, 6.45) is 1.63. The summed E-state index contributed by atoms with van der Waals surface area (Å²) in [5.41, 5.74) is 2.67. The molecule has 1 aromatic rings. The predicted octanol–water partition coefficient (Wildman–Crippen LogP) is 1.02. The predicted molar refractivity (Wildman–Crippen MR) is 111 cm³/mol. The molecule has 0 saturated carbocycles.